The lowest BCUT2D eigenvalue weighted by molar-refractivity contribution is 0.0923. The highest BCUT2D eigenvalue weighted by Gasteiger charge is 2.12. The Morgan fingerprint density at radius 1 is 0.881 bits per heavy atom. The monoisotopic (exact) mass is 627 g/mol. The molecule has 1 amide bonds. The predicted molar refractivity (Wildman–Crippen MR) is 165 cm³/mol. The molecule has 0 fully saturated rings. The van der Waals surface area contributed by atoms with E-state index < -0.39 is 5.91 Å². The highest BCUT2D eigenvalue weighted by Crippen LogP contribution is 2.28. The lowest BCUT2D eigenvalue weighted by atomic mass is 10.2. The van der Waals surface area contributed by atoms with Crippen LogP contribution in [-0.2, 0) is 13.2 Å². The van der Waals surface area contributed by atoms with Gasteiger partial charge in [0.05, 0.1) is 13.3 Å². The molecule has 0 radical (unpaired) electrons. The molecule has 5 aromatic rings. The zero-order valence-corrected chi connectivity index (χ0v) is 25.1. The van der Waals surface area contributed by atoms with Gasteiger partial charge < -0.3 is 23.2 Å². The van der Waals surface area contributed by atoms with Crippen LogP contribution in [-0.4, -0.2) is 23.8 Å². The average Bonchev–Trinajstić information content (AvgIpc) is 3.62. The number of benzene rings is 3. The van der Waals surface area contributed by atoms with E-state index in [9.17, 15) is 4.79 Å². The van der Waals surface area contributed by atoms with Crippen LogP contribution >= 0.6 is 15.9 Å². The Balaban J connectivity index is 1.12. The van der Waals surface area contributed by atoms with Crippen LogP contribution in [0.2, 0.25) is 0 Å². The van der Waals surface area contributed by atoms with Crippen LogP contribution in [0.15, 0.2) is 105 Å². The minimum atomic E-state index is -0.472. The highest BCUT2D eigenvalue weighted by molar-refractivity contribution is 9.10. The summed E-state index contributed by atoms with van der Waals surface area (Å²) in [5, 5.41) is 4.05. The summed E-state index contributed by atoms with van der Waals surface area (Å²) in [4.78, 5) is 12.5. The number of hydrogen-bond acceptors (Lipinski definition) is 6. The van der Waals surface area contributed by atoms with E-state index in [1.807, 2.05) is 54.6 Å². The third kappa shape index (κ3) is 7.11. The molecule has 9 heteroatoms. The number of aromatic nitrogens is 1. The van der Waals surface area contributed by atoms with Gasteiger partial charge in [0.25, 0.3) is 0 Å². The van der Waals surface area contributed by atoms with Crippen molar-refractivity contribution in [2.75, 3.05) is 7.11 Å². The number of furan rings is 1. The molecule has 0 atom stereocenters. The molecular weight excluding hydrogens is 598 g/mol. The second-order valence-electron chi connectivity index (χ2n) is 9.52. The third-order valence-corrected chi connectivity index (χ3v) is 7.04. The van der Waals surface area contributed by atoms with E-state index >= 15 is 0 Å². The largest absolute Gasteiger partial charge is 0.493 e. The SMILES string of the molecule is COc1cc(C=NNC(=O)c2ccc(COc3ccc(-n4c(C)ccc4C)cc3)o2)ccc1OCc1ccc(Br)cc1. The zero-order chi connectivity index (χ0) is 29.5. The number of nitrogens with zero attached hydrogens (tertiary/aromatic N) is 2. The summed E-state index contributed by atoms with van der Waals surface area (Å²) >= 11 is 3.43. The van der Waals surface area contributed by atoms with Gasteiger partial charge in [-0.05, 0) is 104 Å². The van der Waals surface area contributed by atoms with E-state index in [0.29, 0.717) is 29.6 Å². The summed E-state index contributed by atoms with van der Waals surface area (Å²) in [7, 11) is 1.57. The number of methoxy groups -OCH3 is 1. The van der Waals surface area contributed by atoms with Crippen LogP contribution in [0.3, 0.4) is 0 Å². The number of hydrazone groups is 1. The van der Waals surface area contributed by atoms with Crippen molar-refractivity contribution in [1.82, 2.24) is 9.99 Å². The van der Waals surface area contributed by atoms with Crippen molar-refractivity contribution in [3.8, 4) is 22.9 Å². The van der Waals surface area contributed by atoms with Gasteiger partial charge in [-0.25, -0.2) is 5.43 Å². The topological polar surface area (TPSA) is 87.2 Å². The van der Waals surface area contributed by atoms with Crippen molar-refractivity contribution in [1.29, 1.82) is 0 Å². The first-order valence-electron chi connectivity index (χ1n) is 13.2. The second-order valence-corrected chi connectivity index (χ2v) is 10.4. The Labute approximate surface area is 252 Å². The number of aryl methyl sites for hydroxylation is 2. The Morgan fingerprint density at radius 3 is 2.33 bits per heavy atom. The average molecular weight is 629 g/mol. The number of carbonyl (C=O) groups is 1. The summed E-state index contributed by atoms with van der Waals surface area (Å²) in [6.07, 6.45) is 1.52. The molecule has 1 N–H and O–H groups in total. The van der Waals surface area contributed by atoms with Crippen molar-refractivity contribution in [2.45, 2.75) is 27.1 Å². The fourth-order valence-corrected chi connectivity index (χ4v) is 4.61. The minimum absolute atomic E-state index is 0.133. The first-order chi connectivity index (χ1) is 20.4. The number of ether oxygens (including phenoxy) is 3. The van der Waals surface area contributed by atoms with Crippen molar-refractivity contribution >= 4 is 28.1 Å². The van der Waals surface area contributed by atoms with Crippen LogP contribution in [0.4, 0.5) is 0 Å². The van der Waals surface area contributed by atoms with E-state index in [1.165, 1.54) is 17.6 Å². The van der Waals surface area contributed by atoms with E-state index in [2.05, 4.69) is 57.0 Å². The molecule has 0 aliphatic rings. The summed E-state index contributed by atoms with van der Waals surface area (Å²) in [5.41, 5.74) is 7.65. The van der Waals surface area contributed by atoms with Crippen LogP contribution < -0.4 is 19.6 Å². The molecule has 0 unspecified atom stereocenters. The lowest BCUT2D eigenvalue weighted by Crippen LogP contribution is -2.16. The molecule has 214 valence electrons. The lowest BCUT2D eigenvalue weighted by Gasteiger charge is -2.11. The third-order valence-electron chi connectivity index (χ3n) is 6.51. The molecule has 0 spiro atoms. The maximum atomic E-state index is 12.5. The maximum Gasteiger partial charge on any atom is 0.307 e. The second kappa shape index (κ2) is 13.3. The van der Waals surface area contributed by atoms with Crippen molar-refractivity contribution in [3.05, 3.63) is 130 Å². The van der Waals surface area contributed by atoms with E-state index in [0.717, 1.165) is 21.3 Å². The predicted octanol–water partition coefficient (Wildman–Crippen LogP) is 7.38. The Bertz CT molecular complexity index is 1670. The van der Waals surface area contributed by atoms with Gasteiger partial charge in [-0.1, -0.05) is 28.1 Å². The van der Waals surface area contributed by atoms with Crippen molar-refractivity contribution in [3.63, 3.8) is 0 Å². The number of amides is 1. The van der Waals surface area contributed by atoms with Gasteiger partial charge >= 0.3 is 5.91 Å². The van der Waals surface area contributed by atoms with E-state index in [-0.39, 0.29) is 12.4 Å². The van der Waals surface area contributed by atoms with Crippen LogP contribution in [0.25, 0.3) is 5.69 Å². The molecule has 0 saturated heterocycles. The summed E-state index contributed by atoms with van der Waals surface area (Å²) in [5.74, 6) is 2.05. The summed E-state index contributed by atoms with van der Waals surface area (Å²) < 4.78 is 26.1. The molecule has 2 aromatic heterocycles. The molecule has 0 saturated carbocycles. The first-order valence-corrected chi connectivity index (χ1v) is 14.0. The van der Waals surface area contributed by atoms with Gasteiger partial charge in [-0.2, -0.15) is 5.10 Å². The Morgan fingerprint density at radius 2 is 1.62 bits per heavy atom. The van der Waals surface area contributed by atoms with Gasteiger partial charge in [0, 0.05) is 21.5 Å². The fourth-order valence-electron chi connectivity index (χ4n) is 4.35. The Hall–Kier alpha value is -4.76. The molecular formula is C33H30BrN3O5. The normalized spacial score (nSPS) is 11.0. The number of nitrogens with one attached hydrogen (secondary N) is 1. The highest BCUT2D eigenvalue weighted by atomic mass is 79.9. The van der Waals surface area contributed by atoms with Gasteiger partial charge in [-0.15, -0.1) is 0 Å². The molecule has 0 aliphatic carbocycles. The molecule has 42 heavy (non-hydrogen) atoms. The summed E-state index contributed by atoms with van der Waals surface area (Å²) in [6, 6.07) is 28.6. The molecule has 2 heterocycles. The van der Waals surface area contributed by atoms with Gasteiger partial charge in [0.15, 0.2) is 17.3 Å². The quantitative estimate of drug-likeness (QED) is 0.122. The molecule has 0 aliphatic heterocycles. The van der Waals surface area contributed by atoms with Gasteiger partial charge in [-0.3, -0.25) is 4.79 Å². The molecule has 5 rings (SSSR count). The van der Waals surface area contributed by atoms with E-state index in [4.69, 9.17) is 18.6 Å². The van der Waals surface area contributed by atoms with Crippen molar-refractivity contribution in [2.24, 2.45) is 5.10 Å². The molecule has 3 aromatic carbocycles. The van der Waals surface area contributed by atoms with Crippen LogP contribution in [0.5, 0.6) is 17.2 Å². The number of halogens is 1. The van der Waals surface area contributed by atoms with Crippen LogP contribution in [0.1, 0.15) is 38.8 Å². The van der Waals surface area contributed by atoms with Gasteiger partial charge in [0.1, 0.15) is 24.7 Å². The number of rotatable bonds is 11. The smallest absolute Gasteiger partial charge is 0.307 e. The number of carbonyl (C=O) groups excluding carboxylic acids is 1. The van der Waals surface area contributed by atoms with Gasteiger partial charge in [0.2, 0.25) is 0 Å². The van der Waals surface area contributed by atoms with E-state index in [1.54, 1.807) is 31.4 Å². The summed E-state index contributed by atoms with van der Waals surface area (Å²) in [6.45, 7) is 4.74. The molecule has 8 nitrogen and oxygen atoms in total. The number of hydrogen-bond donors (Lipinski definition) is 1. The minimum Gasteiger partial charge on any atom is -0.493 e. The first kappa shape index (κ1) is 28.8. The zero-order valence-electron chi connectivity index (χ0n) is 23.5. The standard InChI is InChI=1S/C33H30BrN3O5/c1-22-4-5-23(2)37(22)27-11-13-28(14-12-27)40-21-29-15-17-31(42-29)33(38)36-35-19-25-8-16-30(32(18-25)39-3)41-20-24-6-9-26(34)10-7-24/h4-19H,20-21H2,1-3H3,(H,36,38). The van der Waals surface area contributed by atoms with Crippen LogP contribution in [0, 0.1) is 13.8 Å². The fraction of sp³-hybridized carbons (Fsp3) is 0.152. The molecule has 0 bridgehead atoms. The maximum absolute atomic E-state index is 12.5. The Kier molecular flexibility index (Phi) is 9.08. The van der Waals surface area contributed by atoms with Crippen molar-refractivity contribution < 1.29 is 23.4 Å².